The van der Waals surface area contributed by atoms with Crippen LogP contribution in [0.1, 0.15) is 5.56 Å². The molecular formula is C10H9NS. The summed E-state index contributed by atoms with van der Waals surface area (Å²) in [7, 11) is 0. The molecule has 1 aromatic carbocycles. The number of hydrogen-bond acceptors (Lipinski definition) is 2. The van der Waals surface area contributed by atoms with Gasteiger partial charge in [0.15, 0.2) is 0 Å². The Morgan fingerprint density at radius 2 is 1.83 bits per heavy atom. The molecule has 0 aliphatic heterocycles. The zero-order valence-corrected chi connectivity index (χ0v) is 7.64. The van der Waals surface area contributed by atoms with E-state index in [0.29, 0.717) is 0 Å². The van der Waals surface area contributed by atoms with Crippen molar-refractivity contribution in [2.45, 2.75) is 6.92 Å². The molecule has 2 aromatic rings. The summed E-state index contributed by atoms with van der Waals surface area (Å²) in [6.07, 6.45) is 1.83. The second-order valence-electron chi connectivity index (χ2n) is 2.74. The molecule has 0 spiro atoms. The molecule has 0 saturated carbocycles. The predicted molar refractivity (Wildman–Crippen MR) is 52.3 cm³/mol. The van der Waals surface area contributed by atoms with Gasteiger partial charge in [-0.25, -0.2) is 4.37 Å². The second-order valence-corrected chi connectivity index (χ2v) is 3.58. The Bertz CT molecular complexity index is 348. The molecule has 60 valence electrons. The topological polar surface area (TPSA) is 12.9 Å². The lowest BCUT2D eigenvalue weighted by Gasteiger charge is -1.95. The van der Waals surface area contributed by atoms with E-state index in [0.717, 1.165) is 0 Å². The van der Waals surface area contributed by atoms with Crippen LogP contribution >= 0.6 is 11.5 Å². The minimum atomic E-state index is 1.23. The zero-order valence-electron chi connectivity index (χ0n) is 6.82. The van der Waals surface area contributed by atoms with Gasteiger partial charge in [0.25, 0.3) is 0 Å². The van der Waals surface area contributed by atoms with Crippen molar-refractivity contribution in [1.29, 1.82) is 0 Å². The minimum Gasteiger partial charge on any atom is -0.201 e. The van der Waals surface area contributed by atoms with Crippen LogP contribution in [-0.4, -0.2) is 4.37 Å². The molecule has 0 saturated heterocycles. The molecule has 0 fully saturated rings. The van der Waals surface area contributed by atoms with E-state index in [1.807, 2.05) is 12.3 Å². The first-order valence-electron chi connectivity index (χ1n) is 3.84. The smallest absolute Gasteiger partial charge is 0.0549 e. The molecule has 0 radical (unpaired) electrons. The Balaban J connectivity index is 2.43. The molecule has 1 aromatic heterocycles. The van der Waals surface area contributed by atoms with Crippen LogP contribution in [0.15, 0.2) is 36.5 Å². The third kappa shape index (κ3) is 1.38. The molecule has 1 nitrogen and oxygen atoms in total. The van der Waals surface area contributed by atoms with Gasteiger partial charge in [-0.05, 0) is 30.1 Å². The zero-order chi connectivity index (χ0) is 8.39. The summed E-state index contributed by atoms with van der Waals surface area (Å²) in [6, 6.07) is 10.5. The fraction of sp³-hybridized carbons (Fsp3) is 0.100. The number of benzene rings is 1. The summed E-state index contributed by atoms with van der Waals surface area (Å²) in [4.78, 5) is 1.23. The molecule has 2 heteroatoms. The Kier molecular flexibility index (Phi) is 1.92. The maximum atomic E-state index is 4.06. The molecular weight excluding hydrogens is 166 g/mol. The van der Waals surface area contributed by atoms with Gasteiger partial charge in [0.2, 0.25) is 0 Å². The van der Waals surface area contributed by atoms with E-state index in [1.54, 1.807) is 0 Å². The lowest BCUT2D eigenvalue weighted by Crippen LogP contribution is -1.72. The van der Waals surface area contributed by atoms with Crippen molar-refractivity contribution in [1.82, 2.24) is 4.37 Å². The lowest BCUT2D eigenvalue weighted by atomic mass is 10.1. The summed E-state index contributed by atoms with van der Waals surface area (Å²) < 4.78 is 4.06. The summed E-state index contributed by atoms with van der Waals surface area (Å²) in [5.74, 6) is 0. The van der Waals surface area contributed by atoms with Crippen LogP contribution in [0.3, 0.4) is 0 Å². The van der Waals surface area contributed by atoms with Gasteiger partial charge in [-0.1, -0.05) is 29.8 Å². The standard InChI is InChI=1S/C10H9NS/c1-8-2-4-9(5-3-8)10-6-7-11-12-10/h2-7H,1H3. The van der Waals surface area contributed by atoms with Crippen LogP contribution in [0.5, 0.6) is 0 Å². The van der Waals surface area contributed by atoms with E-state index < -0.39 is 0 Å². The van der Waals surface area contributed by atoms with Gasteiger partial charge in [0.05, 0.1) is 4.88 Å². The summed E-state index contributed by atoms with van der Waals surface area (Å²) in [5, 5.41) is 0. The van der Waals surface area contributed by atoms with E-state index in [9.17, 15) is 0 Å². The van der Waals surface area contributed by atoms with Crippen molar-refractivity contribution >= 4 is 11.5 Å². The summed E-state index contributed by atoms with van der Waals surface area (Å²) in [6.45, 7) is 2.09. The van der Waals surface area contributed by atoms with E-state index in [1.165, 1.54) is 27.5 Å². The number of hydrogen-bond donors (Lipinski definition) is 0. The van der Waals surface area contributed by atoms with E-state index in [4.69, 9.17) is 0 Å². The van der Waals surface area contributed by atoms with Gasteiger partial charge in [0, 0.05) is 6.20 Å². The Hall–Kier alpha value is -1.15. The number of rotatable bonds is 1. The average molecular weight is 175 g/mol. The SMILES string of the molecule is Cc1ccc(-c2ccns2)cc1. The van der Waals surface area contributed by atoms with Gasteiger partial charge < -0.3 is 0 Å². The normalized spacial score (nSPS) is 10.1. The van der Waals surface area contributed by atoms with Crippen LogP contribution in [0.25, 0.3) is 10.4 Å². The van der Waals surface area contributed by atoms with E-state index in [2.05, 4.69) is 35.6 Å². The van der Waals surface area contributed by atoms with Crippen LogP contribution in [-0.2, 0) is 0 Å². The predicted octanol–water partition coefficient (Wildman–Crippen LogP) is 3.12. The molecule has 12 heavy (non-hydrogen) atoms. The number of aromatic nitrogens is 1. The van der Waals surface area contributed by atoms with Crippen molar-refractivity contribution in [3.8, 4) is 10.4 Å². The maximum absolute atomic E-state index is 4.06. The van der Waals surface area contributed by atoms with Crippen molar-refractivity contribution in [2.24, 2.45) is 0 Å². The number of nitrogens with zero attached hydrogens (tertiary/aromatic N) is 1. The quantitative estimate of drug-likeness (QED) is 0.649. The average Bonchev–Trinajstić information content (AvgIpc) is 2.58. The highest BCUT2D eigenvalue weighted by molar-refractivity contribution is 7.09. The Morgan fingerprint density at radius 3 is 2.42 bits per heavy atom. The third-order valence-corrected chi connectivity index (χ3v) is 2.57. The van der Waals surface area contributed by atoms with Gasteiger partial charge in [-0.3, -0.25) is 0 Å². The molecule has 0 aliphatic carbocycles. The second kappa shape index (κ2) is 3.07. The van der Waals surface area contributed by atoms with Gasteiger partial charge in [-0.2, -0.15) is 0 Å². The lowest BCUT2D eigenvalue weighted by molar-refractivity contribution is 1.48. The fourth-order valence-corrected chi connectivity index (χ4v) is 1.68. The first kappa shape index (κ1) is 7.50. The first-order valence-corrected chi connectivity index (χ1v) is 4.61. The van der Waals surface area contributed by atoms with Gasteiger partial charge in [-0.15, -0.1) is 0 Å². The van der Waals surface area contributed by atoms with E-state index in [-0.39, 0.29) is 0 Å². The highest BCUT2D eigenvalue weighted by Gasteiger charge is 1.96. The minimum absolute atomic E-state index is 1.23. The van der Waals surface area contributed by atoms with Crippen LogP contribution in [0.4, 0.5) is 0 Å². The molecule has 0 bridgehead atoms. The van der Waals surface area contributed by atoms with Gasteiger partial charge >= 0.3 is 0 Å². The highest BCUT2D eigenvalue weighted by atomic mass is 32.1. The van der Waals surface area contributed by atoms with Crippen molar-refractivity contribution in [3.63, 3.8) is 0 Å². The molecule has 0 unspecified atom stereocenters. The molecule has 2 rings (SSSR count). The van der Waals surface area contributed by atoms with E-state index >= 15 is 0 Å². The summed E-state index contributed by atoms with van der Waals surface area (Å²) in [5.41, 5.74) is 2.55. The Labute approximate surface area is 75.9 Å². The monoisotopic (exact) mass is 175 g/mol. The summed E-state index contributed by atoms with van der Waals surface area (Å²) >= 11 is 1.53. The largest absolute Gasteiger partial charge is 0.201 e. The fourth-order valence-electron chi connectivity index (χ4n) is 1.08. The number of aryl methyl sites for hydroxylation is 1. The molecule has 0 amide bonds. The van der Waals surface area contributed by atoms with Crippen molar-refractivity contribution < 1.29 is 0 Å². The third-order valence-electron chi connectivity index (χ3n) is 1.77. The maximum Gasteiger partial charge on any atom is 0.0549 e. The van der Waals surface area contributed by atoms with Crippen LogP contribution in [0, 0.1) is 6.92 Å². The molecule has 0 N–H and O–H groups in total. The molecule has 1 heterocycles. The Morgan fingerprint density at radius 1 is 1.08 bits per heavy atom. The van der Waals surface area contributed by atoms with Gasteiger partial charge in [0.1, 0.15) is 0 Å². The highest BCUT2D eigenvalue weighted by Crippen LogP contribution is 2.22. The van der Waals surface area contributed by atoms with Crippen LogP contribution in [0.2, 0.25) is 0 Å². The molecule has 0 aliphatic rings. The molecule has 0 atom stereocenters. The first-order chi connectivity index (χ1) is 5.86. The van der Waals surface area contributed by atoms with Crippen molar-refractivity contribution in [3.05, 3.63) is 42.1 Å². The van der Waals surface area contributed by atoms with Crippen LogP contribution < -0.4 is 0 Å². The van der Waals surface area contributed by atoms with Crippen molar-refractivity contribution in [2.75, 3.05) is 0 Å².